The number of Topliss-reactive ketones (excluding diaryl/α,β-unsaturated/α-hetero) is 1. The third kappa shape index (κ3) is 1.10. The fourth-order valence-electron chi connectivity index (χ4n) is 2.64. The summed E-state index contributed by atoms with van der Waals surface area (Å²) in [7, 11) is 0. The second-order valence-corrected chi connectivity index (χ2v) is 4.54. The predicted octanol–water partition coefficient (Wildman–Crippen LogP) is 0.880. The van der Waals surface area contributed by atoms with Gasteiger partial charge in [-0.05, 0) is 13.3 Å². The monoisotopic (exact) mass is 181 g/mol. The summed E-state index contributed by atoms with van der Waals surface area (Å²) in [6, 6.07) is 0.147. The Bertz CT molecular complexity index is 274. The van der Waals surface area contributed by atoms with Crippen LogP contribution >= 0.6 is 0 Å². The minimum absolute atomic E-state index is 0.0696. The smallest absolute Gasteiger partial charge is 0.223 e. The molecule has 0 radical (unpaired) electrons. The van der Waals surface area contributed by atoms with Gasteiger partial charge in [0.2, 0.25) is 5.91 Å². The molecule has 0 spiro atoms. The number of rotatable bonds is 0. The van der Waals surface area contributed by atoms with E-state index < -0.39 is 0 Å². The van der Waals surface area contributed by atoms with Crippen LogP contribution in [0.15, 0.2) is 0 Å². The average Bonchev–Trinajstić information content (AvgIpc) is 2.23. The van der Waals surface area contributed by atoms with E-state index in [2.05, 4.69) is 12.2 Å². The van der Waals surface area contributed by atoms with E-state index in [0.717, 1.165) is 6.42 Å². The van der Waals surface area contributed by atoms with Crippen molar-refractivity contribution in [2.45, 2.75) is 39.2 Å². The number of ketones is 1. The number of amides is 1. The normalized spacial score (nSPS) is 44.5. The van der Waals surface area contributed by atoms with Gasteiger partial charge < -0.3 is 5.32 Å². The molecule has 3 heteroatoms. The average molecular weight is 181 g/mol. The summed E-state index contributed by atoms with van der Waals surface area (Å²) in [5.74, 6) is 0.518. The summed E-state index contributed by atoms with van der Waals surface area (Å²) in [6.45, 7) is 4.05. The molecule has 1 N–H and O–H groups in total. The molecule has 1 aliphatic heterocycles. The summed E-state index contributed by atoms with van der Waals surface area (Å²) >= 11 is 0. The quantitative estimate of drug-likeness (QED) is 0.603. The fourth-order valence-corrected chi connectivity index (χ4v) is 2.64. The van der Waals surface area contributed by atoms with Gasteiger partial charge >= 0.3 is 0 Å². The third-order valence-electron chi connectivity index (χ3n) is 3.75. The van der Waals surface area contributed by atoms with Crippen LogP contribution in [0.3, 0.4) is 0 Å². The molecule has 1 amide bonds. The zero-order valence-electron chi connectivity index (χ0n) is 8.09. The minimum Gasteiger partial charge on any atom is -0.353 e. The van der Waals surface area contributed by atoms with Gasteiger partial charge in [0.1, 0.15) is 5.78 Å². The van der Waals surface area contributed by atoms with Crippen LogP contribution in [0.25, 0.3) is 0 Å². The first-order valence-corrected chi connectivity index (χ1v) is 4.86. The van der Waals surface area contributed by atoms with Crippen molar-refractivity contribution in [3.63, 3.8) is 0 Å². The van der Waals surface area contributed by atoms with Gasteiger partial charge in [-0.15, -0.1) is 0 Å². The molecule has 3 nitrogen and oxygen atoms in total. The van der Waals surface area contributed by atoms with Crippen molar-refractivity contribution in [2.75, 3.05) is 0 Å². The van der Waals surface area contributed by atoms with Gasteiger partial charge in [0, 0.05) is 30.2 Å². The van der Waals surface area contributed by atoms with Crippen molar-refractivity contribution in [1.29, 1.82) is 0 Å². The van der Waals surface area contributed by atoms with Crippen LogP contribution < -0.4 is 5.32 Å². The minimum atomic E-state index is -0.119. The summed E-state index contributed by atoms with van der Waals surface area (Å²) in [6.07, 6.45) is 1.89. The van der Waals surface area contributed by atoms with E-state index in [4.69, 9.17) is 0 Å². The van der Waals surface area contributed by atoms with E-state index in [9.17, 15) is 9.59 Å². The second-order valence-electron chi connectivity index (χ2n) is 4.54. The van der Waals surface area contributed by atoms with E-state index in [1.165, 1.54) is 0 Å². The number of nitrogens with one attached hydrogen (secondary N) is 1. The largest absolute Gasteiger partial charge is 0.353 e. The van der Waals surface area contributed by atoms with Crippen LogP contribution in [0, 0.1) is 11.3 Å². The van der Waals surface area contributed by atoms with Crippen LogP contribution in [-0.2, 0) is 9.59 Å². The molecule has 13 heavy (non-hydrogen) atoms. The summed E-state index contributed by atoms with van der Waals surface area (Å²) < 4.78 is 0. The molecular formula is C10H15NO2. The Labute approximate surface area is 77.9 Å². The topological polar surface area (TPSA) is 46.2 Å². The van der Waals surface area contributed by atoms with Gasteiger partial charge in [0.25, 0.3) is 0 Å². The Balaban J connectivity index is 2.31. The SMILES string of the molecule is CC1NC(=O)C2CCC(=O)CC12C. The second kappa shape index (κ2) is 2.56. The highest BCUT2D eigenvalue weighted by atomic mass is 16.2. The highest BCUT2D eigenvalue weighted by Gasteiger charge is 2.52. The molecule has 0 bridgehead atoms. The molecule has 3 atom stereocenters. The fraction of sp³-hybridized carbons (Fsp3) is 0.800. The predicted molar refractivity (Wildman–Crippen MR) is 48.1 cm³/mol. The highest BCUT2D eigenvalue weighted by molar-refractivity contribution is 5.88. The first kappa shape index (κ1) is 8.73. The Hall–Kier alpha value is -0.860. The molecular weight excluding hydrogens is 166 g/mol. The highest BCUT2D eigenvalue weighted by Crippen LogP contribution is 2.45. The van der Waals surface area contributed by atoms with Crippen LogP contribution in [0.4, 0.5) is 0 Å². The third-order valence-corrected chi connectivity index (χ3v) is 3.75. The van der Waals surface area contributed by atoms with Gasteiger partial charge in [-0.25, -0.2) is 0 Å². The summed E-state index contributed by atoms with van der Waals surface area (Å²) in [5.41, 5.74) is -0.119. The lowest BCUT2D eigenvalue weighted by molar-refractivity contribution is -0.129. The zero-order valence-corrected chi connectivity index (χ0v) is 8.09. The van der Waals surface area contributed by atoms with E-state index in [0.29, 0.717) is 18.6 Å². The molecule has 2 rings (SSSR count). The number of carbonyl (C=O) groups is 2. The molecule has 0 aromatic carbocycles. The van der Waals surface area contributed by atoms with Crippen LogP contribution in [0.2, 0.25) is 0 Å². The number of hydrogen-bond donors (Lipinski definition) is 1. The number of carbonyl (C=O) groups excluding carboxylic acids is 2. The van der Waals surface area contributed by atoms with Gasteiger partial charge in [0.05, 0.1) is 0 Å². The van der Waals surface area contributed by atoms with Crippen molar-refractivity contribution in [1.82, 2.24) is 5.32 Å². The lowest BCUT2D eigenvalue weighted by Crippen LogP contribution is -2.39. The zero-order chi connectivity index (χ0) is 9.64. The molecule has 2 fully saturated rings. The Morgan fingerprint density at radius 3 is 2.85 bits per heavy atom. The Morgan fingerprint density at radius 2 is 2.15 bits per heavy atom. The molecule has 1 saturated heterocycles. The summed E-state index contributed by atoms with van der Waals surface area (Å²) in [5, 5.41) is 2.93. The van der Waals surface area contributed by atoms with Crippen molar-refractivity contribution in [2.24, 2.45) is 11.3 Å². The Morgan fingerprint density at radius 1 is 1.46 bits per heavy atom. The molecule has 3 unspecified atom stereocenters. The van der Waals surface area contributed by atoms with E-state index in [1.807, 2.05) is 6.92 Å². The maximum Gasteiger partial charge on any atom is 0.223 e. The number of hydrogen-bond acceptors (Lipinski definition) is 2. The molecule has 1 heterocycles. The van der Waals surface area contributed by atoms with E-state index >= 15 is 0 Å². The summed E-state index contributed by atoms with van der Waals surface area (Å²) in [4.78, 5) is 22.8. The first-order valence-electron chi connectivity index (χ1n) is 4.86. The maximum atomic E-state index is 11.5. The molecule has 1 saturated carbocycles. The van der Waals surface area contributed by atoms with E-state index in [1.54, 1.807) is 0 Å². The molecule has 0 aromatic heterocycles. The van der Waals surface area contributed by atoms with Crippen LogP contribution in [0.1, 0.15) is 33.1 Å². The molecule has 1 aliphatic carbocycles. The van der Waals surface area contributed by atoms with E-state index in [-0.39, 0.29) is 23.3 Å². The van der Waals surface area contributed by atoms with Crippen molar-refractivity contribution in [3.8, 4) is 0 Å². The Kier molecular flexibility index (Phi) is 1.72. The van der Waals surface area contributed by atoms with Crippen molar-refractivity contribution < 1.29 is 9.59 Å². The van der Waals surface area contributed by atoms with Crippen molar-refractivity contribution >= 4 is 11.7 Å². The van der Waals surface area contributed by atoms with Crippen LogP contribution in [-0.4, -0.2) is 17.7 Å². The molecule has 72 valence electrons. The van der Waals surface area contributed by atoms with Gasteiger partial charge in [-0.1, -0.05) is 6.92 Å². The van der Waals surface area contributed by atoms with Gasteiger partial charge in [0.15, 0.2) is 0 Å². The lowest BCUT2D eigenvalue weighted by Gasteiger charge is -2.35. The molecule has 2 aliphatic rings. The first-order chi connectivity index (χ1) is 6.04. The standard InChI is InChI=1S/C10H15NO2/c1-6-10(2)5-7(12)3-4-8(10)9(13)11-6/h6,8H,3-5H2,1-2H3,(H,11,13). The number of fused-ring (bicyclic) bond motifs is 1. The lowest BCUT2D eigenvalue weighted by atomic mass is 9.66. The molecule has 0 aromatic rings. The van der Waals surface area contributed by atoms with Crippen LogP contribution in [0.5, 0.6) is 0 Å². The van der Waals surface area contributed by atoms with Crippen molar-refractivity contribution in [3.05, 3.63) is 0 Å². The van der Waals surface area contributed by atoms with Gasteiger partial charge in [-0.3, -0.25) is 9.59 Å². The maximum absolute atomic E-state index is 11.5. The van der Waals surface area contributed by atoms with Gasteiger partial charge in [-0.2, -0.15) is 0 Å².